The molecule has 5 nitrogen and oxygen atoms in total. The number of esters is 1. The standard InChI is InChI=1S/C13H16N2O3/c1-3-4-9-14-13(17)15-11-7-5-10(6-8-11)12(16)18-2/h4-9H,3H2,1-2H3,(H2,14,15,17)/b9-4+. The van der Waals surface area contributed by atoms with Crippen LogP contribution in [0.5, 0.6) is 0 Å². The highest BCUT2D eigenvalue weighted by atomic mass is 16.5. The fraction of sp³-hybridized carbons (Fsp3) is 0.231. The molecule has 96 valence electrons. The molecule has 1 aromatic carbocycles. The molecule has 1 aromatic rings. The summed E-state index contributed by atoms with van der Waals surface area (Å²) in [5.74, 6) is -0.406. The molecule has 0 bridgehead atoms. The number of ether oxygens (including phenoxy) is 1. The predicted molar refractivity (Wildman–Crippen MR) is 69.4 cm³/mol. The van der Waals surface area contributed by atoms with Gasteiger partial charge in [-0.05, 0) is 30.7 Å². The van der Waals surface area contributed by atoms with E-state index >= 15 is 0 Å². The topological polar surface area (TPSA) is 67.4 Å². The van der Waals surface area contributed by atoms with Crippen molar-refractivity contribution in [2.75, 3.05) is 12.4 Å². The van der Waals surface area contributed by atoms with E-state index in [1.165, 1.54) is 7.11 Å². The van der Waals surface area contributed by atoms with Crippen molar-refractivity contribution in [3.63, 3.8) is 0 Å². The van der Waals surface area contributed by atoms with Crippen LogP contribution >= 0.6 is 0 Å². The zero-order chi connectivity index (χ0) is 13.4. The zero-order valence-corrected chi connectivity index (χ0v) is 10.4. The van der Waals surface area contributed by atoms with Crippen molar-refractivity contribution in [3.8, 4) is 0 Å². The van der Waals surface area contributed by atoms with Gasteiger partial charge in [-0.2, -0.15) is 0 Å². The van der Waals surface area contributed by atoms with Gasteiger partial charge in [0.25, 0.3) is 0 Å². The van der Waals surface area contributed by atoms with Gasteiger partial charge in [0.1, 0.15) is 0 Å². The number of urea groups is 1. The molecule has 0 saturated carbocycles. The SMILES string of the molecule is CC/C=C/NC(=O)Nc1ccc(C(=O)OC)cc1. The number of anilines is 1. The lowest BCUT2D eigenvalue weighted by molar-refractivity contribution is 0.0601. The lowest BCUT2D eigenvalue weighted by Crippen LogP contribution is -2.23. The van der Waals surface area contributed by atoms with Gasteiger partial charge in [-0.1, -0.05) is 13.0 Å². The number of allylic oxidation sites excluding steroid dienone is 1. The molecule has 0 atom stereocenters. The molecule has 18 heavy (non-hydrogen) atoms. The third-order valence-electron chi connectivity index (χ3n) is 2.13. The molecule has 0 saturated heterocycles. The molecule has 0 aromatic heterocycles. The van der Waals surface area contributed by atoms with E-state index in [-0.39, 0.29) is 6.03 Å². The number of rotatable bonds is 4. The van der Waals surface area contributed by atoms with Crippen LogP contribution in [0.25, 0.3) is 0 Å². The number of carbonyl (C=O) groups is 2. The van der Waals surface area contributed by atoms with Crippen LogP contribution < -0.4 is 10.6 Å². The lowest BCUT2D eigenvalue weighted by Gasteiger charge is -2.05. The van der Waals surface area contributed by atoms with E-state index in [0.29, 0.717) is 11.3 Å². The van der Waals surface area contributed by atoms with E-state index in [1.807, 2.05) is 13.0 Å². The number of hydrogen-bond acceptors (Lipinski definition) is 3. The number of nitrogens with one attached hydrogen (secondary N) is 2. The first-order chi connectivity index (χ1) is 8.67. The third kappa shape index (κ3) is 4.29. The van der Waals surface area contributed by atoms with E-state index in [9.17, 15) is 9.59 Å². The van der Waals surface area contributed by atoms with Gasteiger partial charge >= 0.3 is 12.0 Å². The van der Waals surface area contributed by atoms with Gasteiger partial charge in [0.15, 0.2) is 0 Å². The molecule has 0 heterocycles. The minimum atomic E-state index is -0.406. The van der Waals surface area contributed by atoms with Crippen LogP contribution in [0.3, 0.4) is 0 Å². The summed E-state index contributed by atoms with van der Waals surface area (Å²) in [5, 5.41) is 5.19. The molecule has 0 aliphatic carbocycles. The number of benzene rings is 1. The van der Waals surface area contributed by atoms with Crippen LogP contribution in [-0.2, 0) is 4.74 Å². The Morgan fingerprint density at radius 2 is 1.94 bits per heavy atom. The van der Waals surface area contributed by atoms with Crippen LogP contribution in [0.2, 0.25) is 0 Å². The van der Waals surface area contributed by atoms with Crippen molar-refractivity contribution in [3.05, 3.63) is 42.1 Å². The Bertz CT molecular complexity index is 438. The van der Waals surface area contributed by atoms with Crippen molar-refractivity contribution in [2.45, 2.75) is 13.3 Å². The van der Waals surface area contributed by atoms with Crippen molar-refractivity contribution in [1.29, 1.82) is 0 Å². The molecule has 5 heteroatoms. The van der Waals surface area contributed by atoms with Crippen molar-refractivity contribution in [1.82, 2.24) is 5.32 Å². The Labute approximate surface area is 106 Å². The Balaban J connectivity index is 2.55. The fourth-order valence-electron chi connectivity index (χ4n) is 1.23. The van der Waals surface area contributed by atoms with Crippen molar-refractivity contribution >= 4 is 17.7 Å². The predicted octanol–water partition coefficient (Wildman–Crippen LogP) is 2.52. The zero-order valence-electron chi connectivity index (χ0n) is 10.4. The summed E-state index contributed by atoms with van der Waals surface area (Å²) in [7, 11) is 1.32. The molecule has 2 N–H and O–H groups in total. The molecule has 1 rings (SSSR count). The molecule has 0 aliphatic heterocycles. The van der Waals surface area contributed by atoms with E-state index in [2.05, 4.69) is 15.4 Å². The largest absolute Gasteiger partial charge is 0.465 e. The first-order valence-electron chi connectivity index (χ1n) is 5.58. The Hall–Kier alpha value is -2.30. The smallest absolute Gasteiger partial charge is 0.337 e. The maximum atomic E-state index is 11.4. The van der Waals surface area contributed by atoms with Crippen LogP contribution in [-0.4, -0.2) is 19.1 Å². The maximum Gasteiger partial charge on any atom is 0.337 e. The van der Waals surface area contributed by atoms with Gasteiger partial charge in [0.2, 0.25) is 0 Å². The number of carbonyl (C=O) groups excluding carboxylic acids is 2. The van der Waals surface area contributed by atoms with Gasteiger partial charge in [-0.3, -0.25) is 0 Å². The number of hydrogen-bond donors (Lipinski definition) is 2. The van der Waals surface area contributed by atoms with Gasteiger partial charge in [-0.15, -0.1) is 0 Å². The number of methoxy groups -OCH3 is 1. The van der Waals surface area contributed by atoms with Crippen LogP contribution in [0, 0.1) is 0 Å². The molecule has 2 amide bonds. The molecular weight excluding hydrogens is 232 g/mol. The molecule has 0 spiro atoms. The normalized spacial score (nSPS) is 10.1. The number of amides is 2. The molecule has 0 fully saturated rings. The monoisotopic (exact) mass is 248 g/mol. The van der Waals surface area contributed by atoms with Gasteiger partial charge in [-0.25, -0.2) is 9.59 Å². The highest BCUT2D eigenvalue weighted by Gasteiger charge is 2.05. The minimum Gasteiger partial charge on any atom is -0.465 e. The van der Waals surface area contributed by atoms with E-state index < -0.39 is 5.97 Å². The second-order valence-corrected chi connectivity index (χ2v) is 3.48. The fourth-order valence-corrected chi connectivity index (χ4v) is 1.23. The van der Waals surface area contributed by atoms with E-state index in [1.54, 1.807) is 30.5 Å². The summed E-state index contributed by atoms with van der Waals surface area (Å²) in [5.41, 5.74) is 1.04. The highest BCUT2D eigenvalue weighted by molar-refractivity contribution is 5.92. The third-order valence-corrected chi connectivity index (χ3v) is 2.13. The minimum absolute atomic E-state index is 0.328. The second kappa shape index (κ2) is 7.11. The second-order valence-electron chi connectivity index (χ2n) is 3.48. The van der Waals surface area contributed by atoms with Gasteiger partial charge in [0, 0.05) is 11.9 Å². The highest BCUT2D eigenvalue weighted by Crippen LogP contribution is 2.10. The van der Waals surface area contributed by atoms with Gasteiger partial charge < -0.3 is 15.4 Å². The Kier molecular flexibility index (Phi) is 5.44. The molecular formula is C13H16N2O3. The summed E-state index contributed by atoms with van der Waals surface area (Å²) in [6.07, 6.45) is 4.27. The van der Waals surface area contributed by atoms with E-state index in [4.69, 9.17) is 0 Å². The molecule has 0 radical (unpaired) electrons. The van der Waals surface area contributed by atoms with E-state index in [0.717, 1.165) is 6.42 Å². The summed E-state index contributed by atoms with van der Waals surface area (Å²) in [6, 6.07) is 6.11. The van der Waals surface area contributed by atoms with Crippen LogP contribution in [0.1, 0.15) is 23.7 Å². The average molecular weight is 248 g/mol. The quantitative estimate of drug-likeness (QED) is 0.804. The summed E-state index contributed by atoms with van der Waals surface area (Å²) in [6.45, 7) is 1.97. The van der Waals surface area contributed by atoms with Crippen molar-refractivity contribution < 1.29 is 14.3 Å². The molecule has 0 aliphatic rings. The van der Waals surface area contributed by atoms with Crippen molar-refractivity contribution in [2.24, 2.45) is 0 Å². The Morgan fingerprint density at radius 3 is 2.50 bits per heavy atom. The summed E-state index contributed by atoms with van der Waals surface area (Å²) in [4.78, 5) is 22.6. The molecule has 0 unspecified atom stereocenters. The lowest BCUT2D eigenvalue weighted by atomic mass is 10.2. The van der Waals surface area contributed by atoms with Gasteiger partial charge in [0.05, 0.1) is 12.7 Å². The first-order valence-corrected chi connectivity index (χ1v) is 5.58. The Morgan fingerprint density at radius 1 is 1.28 bits per heavy atom. The first kappa shape index (κ1) is 13.8. The van der Waals surface area contributed by atoms with Crippen LogP contribution in [0.4, 0.5) is 10.5 Å². The summed E-state index contributed by atoms with van der Waals surface area (Å²) >= 11 is 0. The van der Waals surface area contributed by atoms with Crippen LogP contribution in [0.15, 0.2) is 36.5 Å². The average Bonchev–Trinajstić information content (AvgIpc) is 2.39. The summed E-state index contributed by atoms with van der Waals surface area (Å²) < 4.78 is 4.57. The maximum absolute atomic E-state index is 11.4.